The normalized spacial score (nSPS) is 11.4. The molecule has 0 aliphatic rings. The molecule has 4 nitrogen and oxygen atoms in total. The summed E-state index contributed by atoms with van der Waals surface area (Å²) in [5, 5.41) is 15.6. The number of hydrogen-bond acceptors (Lipinski definition) is 3. The predicted octanol–water partition coefficient (Wildman–Crippen LogP) is 3.81. The molecule has 0 amide bonds. The van der Waals surface area contributed by atoms with Gasteiger partial charge in [0, 0.05) is 16.6 Å². The van der Waals surface area contributed by atoms with E-state index in [9.17, 15) is 0 Å². The third kappa shape index (κ3) is 3.65. The third-order valence-electron chi connectivity index (χ3n) is 2.74. The number of rotatable bonds is 4. The molecule has 0 unspecified atom stereocenters. The van der Waals surface area contributed by atoms with Crippen LogP contribution in [0.15, 0.2) is 52.1 Å². The second-order valence-corrected chi connectivity index (χ2v) is 5.49. The van der Waals surface area contributed by atoms with Crippen molar-refractivity contribution in [2.75, 3.05) is 5.32 Å². The van der Waals surface area contributed by atoms with Crippen molar-refractivity contribution in [2.45, 2.75) is 6.54 Å². The van der Waals surface area contributed by atoms with Gasteiger partial charge in [-0.1, -0.05) is 50.9 Å². The molecule has 0 radical (unpaired) electrons. The van der Waals surface area contributed by atoms with Gasteiger partial charge >= 0.3 is 0 Å². The fourth-order valence-electron chi connectivity index (χ4n) is 1.73. The van der Waals surface area contributed by atoms with Gasteiger partial charge in [-0.15, -0.1) is 0 Å². The first-order valence-corrected chi connectivity index (χ1v) is 7.03. The van der Waals surface area contributed by atoms with E-state index in [-0.39, 0.29) is 5.84 Å². The predicted molar refractivity (Wildman–Crippen MR) is 85.4 cm³/mol. The maximum atomic E-state index is 8.67. The van der Waals surface area contributed by atoms with Crippen LogP contribution in [0.2, 0.25) is 5.02 Å². The average molecular weight is 355 g/mol. The van der Waals surface area contributed by atoms with Gasteiger partial charge in [0.05, 0.1) is 10.7 Å². The molecule has 20 heavy (non-hydrogen) atoms. The zero-order valence-electron chi connectivity index (χ0n) is 10.5. The van der Waals surface area contributed by atoms with Gasteiger partial charge in [0.25, 0.3) is 0 Å². The summed E-state index contributed by atoms with van der Waals surface area (Å²) in [6.45, 7) is 0.591. The lowest BCUT2D eigenvalue weighted by atomic mass is 10.1. The summed E-state index contributed by atoms with van der Waals surface area (Å²) < 4.78 is 0.932. The van der Waals surface area contributed by atoms with Gasteiger partial charge < -0.3 is 16.3 Å². The first-order chi connectivity index (χ1) is 9.60. The van der Waals surface area contributed by atoms with Crippen molar-refractivity contribution in [1.29, 1.82) is 0 Å². The van der Waals surface area contributed by atoms with E-state index in [1.165, 1.54) is 0 Å². The van der Waals surface area contributed by atoms with Crippen molar-refractivity contribution < 1.29 is 5.21 Å². The average Bonchev–Trinajstić information content (AvgIpc) is 2.46. The Labute approximate surface area is 130 Å². The highest BCUT2D eigenvalue weighted by Gasteiger charge is 2.03. The molecule has 0 aliphatic carbocycles. The van der Waals surface area contributed by atoms with E-state index in [1.54, 1.807) is 6.07 Å². The minimum absolute atomic E-state index is 0.0912. The lowest BCUT2D eigenvalue weighted by Gasteiger charge is -2.09. The van der Waals surface area contributed by atoms with E-state index in [0.29, 0.717) is 17.1 Å². The number of oxime groups is 1. The van der Waals surface area contributed by atoms with Crippen LogP contribution in [-0.2, 0) is 6.54 Å². The van der Waals surface area contributed by atoms with Crippen LogP contribution >= 0.6 is 27.5 Å². The van der Waals surface area contributed by atoms with Crippen LogP contribution in [0.5, 0.6) is 0 Å². The Morgan fingerprint density at radius 3 is 2.80 bits per heavy atom. The van der Waals surface area contributed by atoms with Gasteiger partial charge in [-0.25, -0.2) is 0 Å². The maximum Gasteiger partial charge on any atom is 0.170 e. The third-order valence-corrected chi connectivity index (χ3v) is 3.55. The number of anilines is 1. The zero-order valence-corrected chi connectivity index (χ0v) is 12.8. The Hall–Kier alpha value is -1.72. The van der Waals surface area contributed by atoms with E-state index >= 15 is 0 Å². The molecule has 2 aromatic rings. The van der Waals surface area contributed by atoms with Crippen LogP contribution in [-0.4, -0.2) is 11.0 Å². The molecular weight excluding hydrogens is 342 g/mol. The summed E-state index contributed by atoms with van der Waals surface area (Å²) in [5.74, 6) is 0.0912. The highest BCUT2D eigenvalue weighted by molar-refractivity contribution is 9.10. The molecule has 0 spiro atoms. The van der Waals surface area contributed by atoms with Crippen LogP contribution in [0.25, 0.3) is 0 Å². The lowest BCUT2D eigenvalue weighted by molar-refractivity contribution is 0.318. The van der Waals surface area contributed by atoms with Crippen molar-refractivity contribution in [3.63, 3.8) is 0 Å². The van der Waals surface area contributed by atoms with Gasteiger partial charge in [0.15, 0.2) is 5.84 Å². The maximum absolute atomic E-state index is 8.67. The van der Waals surface area contributed by atoms with Gasteiger partial charge in [-0.3, -0.25) is 0 Å². The van der Waals surface area contributed by atoms with Gasteiger partial charge in [-0.2, -0.15) is 0 Å². The number of benzene rings is 2. The first-order valence-electron chi connectivity index (χ1n) is 5.86. The highest BCUT2D eigenvalue weighted by atomic mass is 79.9. The van der Waals surface area contributed by atoms with Crippen LogP contribution in [0, 0.1) is 0 Å². The summed E-state index contributed by atoms with van der Waals surface area (Å²) in [4.78, 5) is 0. The Morgan fingerprint density at radius 1 is 1.30 bits per heavy atom. The SMILES string of the molecule is NC(=NO)c1cccc(CNc2ccc(Br)cc2Cl)c1. The second-order valence-electron chi connectivity index (χ2n) is 4.16. The molecule has 104 valence electrons. The fourth-order valence-corrected chi connectivity index (χ4v) is 2.47. The number of amidine groups is 1. The minimum Gasteiger partial charge on any atom is -0.409 e. The number of halogens is 2. The minimum atomic E-state index is 0.0912. The molecule has 0 heterocycles. The quantitative estimate of drug-likeness (QED) is 0.338. The molecule has 6 heteroatoms. The smallest absolute Gasteiger partial charge is 0.170 e. The second kappa shape index (κ2) is 6.63. The molecule has 0 saturated heterocycles. The molecule has 4 N–H and O–H groups in total. The van der Waals surface area contributed by atoms with Crippen LogP contribution in [0.1, 0.15) is 11.1 Å². The molecular formula is C14H13BrClN3O. The van der Waals surface area contributed by atoms with Crippen molar-refractivity contribution in [2.24, 2.45) is 10.9 Å². The Morgan fingerprint density at radius 2 is 2.10 bits per heavy atom. The first kappa shape index (κ1) is 14.7. The number of nitrogens with two attached hydrogens (primary N) is 1. The number of nitrogens with one attached hydrogen (secondary N) is 1. The molecule has 2 aromatic carbocycles. The summed E-state index contributed by atoms with van der Waals surface area (Å²) in [6, 6.07) is 13.1. The molecule has 0 saturated carbocycles. The molecule has 0 aliphatic heterocycles. The van der Waals surface area contributed by atoms with Gasteiger partial charge in [0.1, 0.15) is 0 Å². The molecule has 0 atom stereocenters. The number of nitrogens with zero attached hydrogens (tertiary/aromatic N) is 1. The van der Waals surface area contributed by atoms with Crippen molar-refractivity contribution in [1.82, 2.24) is 0 Å². The monoisotopic (exact) mass is 353 g/mol. The van der Waals surface area contributed by atoms with Crippen LogP contribution in [0.4, 0.5) is 5.69 Å². The van der Waals surface area contributed by atoms with Crippen LogP contribution in [0.3, 0.4) is 0 Å². The highest BCUT2D eigenvalue weighted by Crippen LogP contribution is 2.26. The van der Waals surface area contributed by atoms with E-state index in [1.807, 2.05) is 36.4 Å². The van der Waals surface area contributed by atoms with E-state index in [2.05, 4.69) is 26.4 Å². The zero-order chi connectivity index (χ0) is 14.5. The molecule has 2 rings (SSSR count). The van der Waals surface area contributed by atoms with Crippen molar-refractivity contribution in [3.05, 3.63) is 63.1 Å². The summed E-state index contributed by atoms with van der Waals surface area (Å²) in [7, 11) is 0. The van der Waals surface area contributed by atoms with Gasteiger partial charge in [0.2, 0.25) is 0 Å². The largest absolute Gasteiger partial charge is 0.409 e. The van der Waals surface area contributed by atoms with Gasteiger partial charge in [-0.05, 0) is 29.8 Å². The summed E-state index contributed by atoms with van der Waals surface area (Å²) in [5.41, 5.74) is 8.10. The van der Waals surface area contributed by atoms with Crippen molar-refractivity contribution in [3.8, 4) is 0 Å². The Kier molecular flexibility index (Phi) is 4.87. The molecule has 0 bridgehead atoms. The standard InChI is InChI=1S/C14H13BrClN3O/c15-11-4-5-13(12(16)7-11)18-8-9-2-1-3-10(6-9)14(17)19-20/h1-7,18,20H,8H2,(H2,17,19). The van der Waals surface area contributed by atoms with Crippen LogP contribution < -0.4 is 11.1 Å². The molecule has 0 aromatic heterocycles. The molecule has 0 fully saturated rings. The Balaban J connectivity index is 2.11. The van der Waals surface area contributed by atoms with E-state index < -0.39 is 0 Å². The summed E-state index contributed by atoms with van der Waals surface area (Å²) >= 11 is 9.50. The fraction of sp³-hybridized carbons (Fsp3) is 0.0714. The number of hydrogen-bond donors (Lipinski definition) is 3. The summed E-state index contributed by atoms with van der Waals surface area (Å²) in [6.07, 6.45) is 0. The van der Waals surface area contributed by atoms with E-state index in [4.69, 9.17) is 22.5 Å². The Bertz CT molecular complexity index is 646. The van der Waals surface area contributed by atoms with E-state index in [0.717, 1.165) is 15.7 Å². The van der Waals surface area contributed by atoms with Crippen molar-refractivity contribution >= 4 is 39.1 Å². The topological polar surface area (TPSA) is 70.6 Å². The lowest BCUT2D eigenvalue weighted by Crippen LogP contribution is -2.13.